The fourth-order valence-electron chi connectivity index (χ4n) is 15.5. The van der Waals surface area contributed by atoms with E-state index >= 15 is 0 Å². The number of ether oxygens (including phenoxy) is 8. The minimum absolute atomic E-state index is 0.00143. The predicted octanol–water partition coefficient (Wildman–Crippen LogP) is -2.20. The first-order chi connectivity index (χ1) is 36.0. The average Bonchev–Trinajstić information content (AvgIpc) is 3.86. The van der Waals surface area contributed by atoms with Crippen LogP contribution < -0.4 is 0 Å². The molecule has 15 N–H and O–H groups in total. The number of allylic oxidation sites excluding steroid dienone is 1. The Morgan fingerprint density at radius 2 is 1.14 bits per heavy atom. The van der Waals surface area contributed by atoms with Crippen molar-refractivity contribution in [3.05, 3.63) is 11.6 Å². The van der Waals surface area contributed by atoms with E-state index in [1.165, 1.54) is 0 Å². The molecule has 4 aliphatic carbocycles. The lowest BCUT2D eigenvalue weighted by Crippen LogP contribution is -2.65. The minimum Gasteiger partial charge on any atom is -0.394 e. The van der Waals surface area contributed by atoms with Crippen molar-refractivity contribution >= 4 is 0 Å². The summed E-state index contributed by atoms with van der Waals surface area (Å²) in [6.45, 7) is 14.4. The zero-order chi connectivity index (χ0) is 56.6. The Kier molecular flexibility index (Phi) is 18.9. The topological polar surface area (TPSA) is 377 Å². The highest BCUT2D eigenvalue weighted by Gasteiger charge is 2.70. The summed E-state index contributed by atoms with van der Waals surface area (Å²) in [5.74, 6) is 0.485. The number of aliphatic hydroxyl groups excluding tert-OH is 14. The lowest BCUT2D eigenvalue weighted by atomic mass is 9.38. The molecule has 8 aliphatic rings. The first-order valence-electron chi connectivity index (χ1n) is 27.9. The molecule has 0 aromatic carbocycles. The third-order valence-electron chi connectivity index (χ3n) is 20.6. The molecular weight excluding hydrogens is 1020 g/mol. The van der Waals surface area contributed by atoms with Gasteiger partial charge in [0.05, 0.1) is 56.4 Å². The second-order valence-electron chi connectivity index (χ2n) is 25.8. The van der Waals surface area contributed by atoms with Crippen LogP contribution in [0.25, 0.3) is 0 Å². The predicted molar refractivity (Wildman–Crippen MR) is 266 cm³/mol. The second-order valence-corrected chi connectivity index (χ2v) is 25.8. The fourth-order valence-corrected chi connectivity index (χ4v) is 15.5. The zero-order valence-electron chi connectivity index (χ0n) is 45.8. The SMILES string of the molecule is C[C@H](CC[C@@H](O[C@H]1C[C@@H](O)[C@H](O)[C@@H](CO[C@@H]2O[C@H](CO)[C@@H](O)[C@H](O)[C@H]2O)O1)C(C)(C)O)[C@H]1CC[C@@]2(C)[C@@H]3CC=C4[C@@H](CC[C@H](O[C@@H]5O[C@H](CO[C@@H]6O[C@H](CO)[C@@H](O)[C@H](O)[C@H]6O)[C@@H](O)[C@H](O)[C@H]5O)C4(C)C)[C@]3(C)[C@H](O)C[C@]12C. The molecule has 0 amide bonds. The molecule has 4 heterocycles. The first kappa shape index (κ1) is 61.9. The standard InChI is InChI=1S/C54H92O23/c1-23(9-13-35(51(4,5)69)76-36-17-27(57)37(59)30(72-36)21-70-47-44(66)41(63)38(60)28(19-55)73-47)24-15-16-52(6)32-12-10-25-26(54(32,8)33(58)18-53(24,52)7)11-14-34(50(25,2)3)77-49-46(68)43(65)40(62)31(75-49)22-71-48-45(67)42(64)39(61)29(20-56)74-48/h10,23-24,26-49,55-69H,9,11-22H2,1-8H3/t23-,24-,26-,27-,28-,29-,30-,31-,32+,33-,34+,35-,36+,37+,38-,39-,40-,41+,42+,43+,44-,45-,46-,47-,48-,49+,52+,53-,54+/m1/s1. The summed E-state index contributed by atoms with van der Waals surface area (Å²) in [7, 11) is 0. The van der Waals surface area contributed by atoms with Crippen LogP contribution in [0, 0.1) is 45.3 Å². The Bertz CT molecular complexity index is 1990. The van der Waals surface area contributed by atoms with E-state index in [0.717, 1.165) is 24.8 Å². The van der Waals surface area contributed by atoms with Gasteiger partial charge < -0.3 is 114 Å². The molecule has 0 unspecified atom stereocenters. The van der Waals surface area contributed by atoms with Crippen molar-refractivity contribution in [2.45, 2.75) is 254 Å². The molecule has 23 heteroatoms. The van der Waals surface area contributed by atoms with Gasteiger partial charge in [0.2, 0.25) is 0 Å². The van der Waals surface area contributed by atoms with E-state index in [0.29, 0.717) is 32.1 Å². The van der Waals surface area contributed by atoms with Gasteiger partial charge in [-0.25, -0.2) is 0 Å². The number of aliphatic hydroxyl groups is 15. The summed E-state index contributed by atoms with van der Waals surface area (Å²) in [5.41, 5.74) is -1.74. The van der Waals surface area contributed by atoms with E-state index < -0.39 is 178 Å². The molecule has 3 saturated carbocycles. The summed E-state index contributed by atoms with van der Waals surface area (Å²) in [6, 6.07) is 0. The highest BCUT2D eigenvalue weighted by atomic mass is 16.7. The molecule has 7 fully saturated rings. The van der Waals surface area contributed by atoms with E-state index in [2.05, 4.69) is 47.6 Å². The van der Waals surface area contributed by atoms with E-state index in [1.54, 1.807) is 13.8 Å². The lowest BCUT2D eigenvalue weighted by molar-refractivity contribution is -0.340. The quantitative estimate of drug-likeness (QED) is 0.0687. The largest absolute Gasteiger partial charge is 0.394 e. The van der Waals surface area contributed by atoms with Gasteiger partial charge >= 0.3 is 0 Å². The summed E-state index contributed by atoms with van der Waals surface area (Å²) in [6.07, 6.45) is -22.2. The highest BCUT2D eigenvalue weighted by molar-refractivity contribution is 5.32. The molecule has 0 radical (unpaired) electrons. The third kappa shape index (κ3) is 11.2. The van der Waals surface area contributed by atoms with Crippen LogP contribution in [-0.4, -0.2) is 244 Å². The number of hydrogen-bond acceptors (Lipinski definition) is 23. The number of hydrogen-bond donors (Lipinski definition) is 15. The van der Waals surface area contributed by atoms with Gasteiger partial charge in [0, 0.05) is 17.3 Å². The van der Waals surface area contributed by atoms with E-state index in [4.69, 9.17) is 37.9 Å². The number of rotatable bonds is 17. The van der Waals surface area contributed by atoms with Crippen LogP contribution in [0.1, 0.15) is 113 Å². The minimum atomic E-state index is -1.70. The first-order valence-corrected chi connectivity index (χ1v) is 27.9. The molecule has 8 rings (SSSR count). The maximum absolute atomic E-state index is 12.7. The van der Waals surface area contributed by atoms with Crippen molar-refractivity contribution in [3.8, 4) is 0 Å². The van der Waals surface area contributed by atoms with Gasteiger partial charge in [-0.3, -0.25) is 0 Å². The monoisotopic (exact) mass is 1110 g/mol. The summed E-state index contributed by atoms with van der Waals surface area (Å²) in [4.78, 5) is 0. The average molecular weight is 1110 g/mol. The molecule has 4 aliphatic heterocycles. The van der Waals surface area contributed by atoms with Gasteiger partial charge in [-0.15, -0.1) is 0 Å². The Labute approximate surface area is 450 Å². The van der Waals surface area contributed by atoms with Gasteiger partial charge in [0.1, 0.15) is 85.5 Å². The van der Waals surface area contributed by atoms with Gasteiger partial charge in [-0.2, -0.15) is 0 Å². The van der Waals surface area contributed by atoms with Crippen molar-refractivity contribution in [2.24, 2.45) is 45.3 Å². The smallest absolute Gasteiger partial charge is 0.187 e. The van der Waals surface area contributed by atoms with Crippen molar-refractivity contribution in [2.75, 3.05) is 26.4 Å². The van der Waals surface area contributed by atoms with Crippen LogP contribution >= 0.6 is 0 Å². The lowest BCUT2D eigenvalue weighted by Gasteiger charge is -2.67. The van der Waals surface area contributed by atoms with Crippen molar-refractivity contribution in [1.29, 1.82) is 0 Å². The molecule has 446 valence electrons. The van der Waals surface area contributed by atoms with Gasteiger partial charge in [-0.1, -0.05) is 53.2 Å². The molecule has 29 atom stereocenters. The van der Waals surface area contributed by atoms with Crippen LogP contribution in [0.2, 0.25) is 0 Å². The van der Waals surface area contributed by atoms with Crippen molar-refractivity contribution < 1.29 is 114 Å². The Hall–Kier alpha value is -1.18. The molecule has 77 heavy (non-hydrogen) atoms. The molecule has 23 nitrogen and oxygen atoms in total. The molecule has 0 aromatic rings. The van der Waals surface area contributed by atoms with Gasteiger partial charge in [-0.05, 0) is 99.7 Å². The molecular formula is C54H92O23. The Morgan fingerprint density at radius 1 is 0.623 bits per heavy atom. The maximum Gasteiger partial charge on any atom is 0.187 e. The third-order valence-corrected chi connectivity index (χ3v) is 20.6. The maximum atomic E-state index is 12.7. The van der Waals surface area contributed by atoms with Crippen LogP contribution in [-0.2, 0) is 37.9 Å². The molecule has 4 saturated heterocycles. The Morgan fingerprint density at radius 3 is 1.69 bits per heavy atom. The van der Waals surface area contributed by atoms with E-state index in [1.807, 2.05) is 0 Å². The molecule has 0 spiro atoms. The van der Waals surface area contributed by atoms with Gasteiger partial charge in [0.25, 0.3) is 0 Å². The van der Waals surface area contributed by atoms with Crippen LogP contribution in [0.5, 0.6) is 0 Å². The van der Waals surface area contributed by atoms with Crippen LogP contribution in [0.4, 0.5) is 0 Å². The molecule has 0 aromatic heterocycles. The van der Waals surface area contributed by atoms with Gasteiger partial charge in [0.15, 0.2) is 25.2 Å². The summed E-state index contributed by atoms with van der Waals surface area (Å²) in [5, 5.41) is 160. The zero-order valence-corrected chi connectivity index (χ0v) is 45.8. The van der Waals surface area contributed by atoms with Crippen LogP contribution in [0.15, 0.2) is 11.6 Å². The highest BCUT2D eigenvalue weighted by Crippen LogP contribution is 2.75. The number of fused-ring (bicyclic) bond motifs is 5. The summed E-state index contributed by atoms with van der Waals surface area (Å²) < 4.78 is 47.3. The Balaban J connectivity index is 0.901. The normalized spacial score (nSPS) is 51.0. The van der Waals surface area contributed by atoms with Crippen molar-refractivity contribution in [3.63, 3.8) is 0 Å². The van der Waals surface area contributed by atoms with Crippen LogP contribution in [0.3, 0.4) is 0 Å². The van der Waals surface area contributed by atoms with E-state index in [9.17, 15) is 76.6 Å². The second kappa shape index (κ2) is 23.5. The molecule has 0 bridgehead atoms. The van der Waals surface area contributed by atoms with E-state index in [-0.39, 0.29) is 40.9 Å². The van der Waals surface area contributed by atoms with Crippen molar-refractivity contribution in [1.82, 2.24) is 0 Å². The summed E-state index contributed by atoms with van der Waals surface area (Å²) >= 11 is 0. The fraction of sp³-hybridized carbons (Fsp3) is 0.963.